The highest BCUT2D eigenvalue weighted by Crippen LogP contribution is 2.30. The molecule has 22 heavy (non-hydrogen) atoms. The molecular weight excluding hydrogens is 306 g/mol. The summed E-state index contributed by atoms with van der Waals surface area (Å²) >= 11 is 0. The van der Waals surface area contributed by atoms with Gasteiger partial charge < -0.3 is 14.3 Å². The van der Waals surface area contributed by atoms with E-state index in [2.05, 4.69) is 15.0 Å². The van der Waals surface area contributed by atoms with Crippen LogP contribution in [0.3, 0.4) is 0 Å². The number of nitrogens with one attached hydrogen (secondary N) is 1. The van der Waals surface area contributed by atoms with Gasteiger partial charge in [-0.3, -0.25) is 0 Å². The summed E-state index contributed by atoms with van der Waals surface area (Å²) in [6.45, 7) is 0.894. The Morgan fingerprint density at radius 2 is 2.18 bits per heavy atom. The summed E-state index contributed by atoms with van der Waals surface area (Å²) in [7, 11) is -0.182. The van der Waals surface area contributed by atoms with Crippen LogP contribution in [0.4, 0.5) is 0 Å². The third kappa shape index (κ3) is 2.79. The lowest BCUT2D eigenvalue weighted by Gasteiger charge is -2.22. The molecule has 2 aromatic heterocycles. The van der Waals surface area contributed by atoms with Crippen molar-refractivity contribution in [2.24, 2.45) is 5.92 Å². The molecule has 3 heterocycles. The quantitative estimate of drug-likeness (QED) is 0.856. The summed E-state index contributed by atoms with van der Waals surface area (Å²) in [5.41, 5.74) is 0. The Kier molecular flexibility index (Phi) is 4.02. The fourth-order valence-electron chi connectivity index (χ4n) is 2.63. The number of rotatable bonds is 5. The van der Waals surface area contributed by atoms with Gasteiger partial charge in [0, 0.05) is 44.8 Å². The summed E-state index contributed by atoms with van der Waals surface area (Å²) in [6, 6.07) is -0.0719. The normalized spacial score (nSPS) is 22.5. The number of H-pyrrole nitrogens is 1. The van der Waals surface area contributed by atoms with Crippen molar-refractivity contribution in [1.82, 2.24) is 23.8 Å². The summed E-state index contributed by atoms with van der Waals surface area (Å²) < 4.78 is 33.0. The van der Waals surface area contributed by atoms with Gasteiger partial charge in [-0.2, -0.15) is 0 Å². The number of ether oxygens (including phenoxy) is 1. The predicted molar refractivity (Wildman–Crippen MR) is 80.6 cm³/mol. The maximum atomic E-state index is 12.1. The van der Waals surface area contributed by atoms with Crippen LogP contribution < -0.4 is 0 Å². The number of aromatic amines is 1. The van der Waals surface area contributed by atoms with Gasteiger partial charge >= 0.3 is 0 Å². The smallest absolute Gasteiger partial charge is 0.214 e. The van der Waals surface area contributed by atoms with Crippen LogP contribution in [0.5, 0.6) is 0 Å². The molecule has 120 valence electrons. The number of sulfonamides is 1. The van der Waals surface area contributed by atoms with Crippen molar-refractivity contribution < 1.29 is 13.2 Å². The number of nitrogens with zero attached hydrogens (tertiary/aromatic N) is 4. The molecule has 0 unspecified atom stereocenters. The monoisotopic (exact) mass is 325 g/mol. The van der Waals surface area contributed by atoms with Gasteiger partial charge in [0.1, 0.15) is 0 Å². The molecule has 0 saturated carbocycles. The Bertz CT molecular complexity index is 723. The molecule has 1 N–H and O–H groups in total. The molecule has 9 heteroatoms. The lowest BCUT2D eigenvalue weighted by Crippen LogP contribution is -2.32. The van der Waals surface area contributed by atoms with Crippen molar-refractivity contribution in [3.05, 3.63) is 24.8 Å². The zero-order chi connectivity index (χ0) is 15.7. The lowest BCUT2D eigenvalue weighted by atomic mass is 10.1. The topological polar surface area (TPSA) is 93.1 Å². The fraction of sp³-hybridized carbons (Fsp3) is 0.538. The van der Waals surface area contributed by atoms with Crippen LogP contribution in [-0.2, 0) is 14.8 Å². The van der Waals surface area contributed by atoms with Gasteiger partial charge in [-0.25, -0.2) is 22.7 Å². The van der Waals surface area contributed by atoms with Crippen molar-refractivity contribution in [2.45, 2.75) is 6.04 Å². The third-order valence-electron chi connectivity index (χ3n) is 3.88. The molecule has 0 spiro atoms. The Morgan fingerprint density at radius 1 is 1.36 bits per heavy atom. The van der Waals surface area contributed by atoms with Crippen LogP contribution in [0, 0.1) is 5.92 Å². The van der Waals surface area contributed by atoms with Gasteiger partial charge in [0.25, 0.3) is 0 Å². The van der Waals surface area contributed by atoms with Gasteiger partial charge in [-0.1, -0.05) is 0 Å². The van der Waals surface area contributed by atoms with Crippen LogP contribution in [0.15, 0.2) is 24.8 Å². The molecule has 0 amide bonds. The van der Waals surface area contributed by atoms with E-state index in [0.717, 1.165) is 0 Å². The van der Waals surface area contributed by atoms with E-state index in [9.17, 15) is 8.42 Å². The standard InChI is InChI=1S/C13H19N5O3S/c1-17(2)22(19,20)9-10-7-21-8-11(10)18-6-5-16-13(18)12-14-3-4-15-12/h3-6,10-11H,7-9H2,1-2H3,(H,14,15)/t10-,11+/m0/s1. The van der Waals surface area contributed by atoms with Crippen molar-refractivity contribution in [1.29, 1.82) is 0 Å². The van der Waals surface area contributed by atoms with Gasteiger partial charge in [0.15, 0.2) is 11.6 Å². The lowest BCUT2D eigenvalue weighted by molar-refractivity contribution is 0.182. The van der Waals surface area contributed by atoms with Crippen molar-refractivity contribution in [3.8, 4) is 11.6 Å². The van der Waals surface area contributed by atoms with E-state index in [1.54, 1.807) is 32.7 Å². The van der Waals surface area contributed by atoms with E-state index in [1.165, 1.54) is 4.31 Å². The summed E-state index contributed by atoms with van der Waals surface area (Å²) in [5, 5.41) is 0. The fourth-order valence-corrected chi connectivity index (χ4v) is 3.78. The Hall–Kier alpha value is -1.71. The number of aromatic nitrogens is 4. The summed E-state index contributed by atoms with van der Waals surface area (Å²) in [6.07, 6.45) is 6.92. The van der Waals surface area contributed by atoms with Crippen LogP contribution in [-0.4, -0.2) is 65.3 Å². The van der Waals surface area contributed by atoms with Gasteiger partial charge in [0.05, 0.1) is 25.0 Å². The molecule has 1 saturated heterocycles. The minimum absolute atomic E-state index is 0.0560. The van der Waals surface area contributed by atoms with Gasteiger partial charge in [-0.05, 0) is 0 Å². The van der Waals surface area contributed by atoms with E-state index in [1.807, 2.05) is 10.8 Å². The molecular formula is C13H19N5O3S. The first-order valence-electron chi connectivity index (χ1n) is 6.99. The van der Waals surface area contributed by atoms with Crippen molar-refractivity contribution >= 4 is 10.0 Å². The van der Waals surface area contributed by atoms with Gasteiger partial charge in [-0.15, -0.1) is 0 Å². The average Bonchev–Trinajstić information content (AvgIpc) is 3.18. The molecule has 2 aromatic rings. The molecule has 1 fully saturated rings. The van der Waals surface area contributed by atoms with E-state index in [0.29, 0.717) is 24.9 Å². The van der Waals surface area contributed by atoms with E-state index < -0.39 is 10.0 Å². The Labute approximate surface area is 129 Å². The maximum absolute atomic E-state index is 12.1. The Balaban J connectivity index is 1.87. The second kappa shape index (κ2) is 5.82. The number of hydrogen-bond acceptors (Lipinski definition) is 5. The molecule has 2 atom stereocenters. The molecule has 1 aliphatic heterocycles. The SMILES string of the molecule is CN(C)S(=O)(=O)C[C@@H]1COC[C@H]1n1ccnc1-c1ncc[nH]1. The zero-order valence-corrected chi connectivity index (χ0v) is 13.3. The van der Waals surface area contributed by atoms with E-state index >= 15 is 0 Å². The average molecular weight is 325 g/mol. The maximum Gasteiger partial charge on any atom is 0.214 e. The first kappa shape index (κ1) is 15.2. The third-order valence-corrected chi connectivity index (χ3v) is 5.84. The highest BCUT2D eigenvalue weighted by molar-refractivity contribution is 7.89. The summed E-state index contributed by atoms with van der Waals surface area (Å²) in [5.74, 6) is 1.29. The first-order valence-corrected chi connectivity index (χ1v) is 8.60. The van der Waals surface area contributed by atoms with Crippen LogP contribution in [0.2, 0.25) is 0 Å². The van der Waals surface area contributed by atoms with Crippen molar-refractivity contribution in [3.63, 3.8) is 0 Å². The van der Waals surface area contributed by atoms with Crippen molar-refractivity contribution in [2.75, 3.05) is 33.1 Å². The minimum Gasteiger partial charge on any atom is -0.379 e. The molecule has 0 radical (unpaired) electrons. The molecule has 1 aliphatic rings. The molecule has 8 nitrogen and oxygen atoms in total. The number of hydrogen-bond donors (Lipinski definition) is 1. The first-order chi connectivity index (χ1) is 10.5. The van der Waals surface area contributed by atoms with E-state index in [-0.39, 0.29) is 17.7 Å². The molecule has 0 bridgehead atoms. The van der Waals surface area contributed by atoms with Crippen LogP contribution >= 0.6 is 0 Å². The minimum atomic E-state index is -3.28. The second-order valence-electron chi connectivity index (χ2n) is 5.52. The molecule has 0 aliphatic carbocycles. The molecule has 3 rings (SSSR count). The summed E-state index contributed by atoms with van der Waals surface area (Å²) in [4.78, 5) is 11.6. The highest BCUT2D eigenvalue weighted by Gasteiger charge is 2.35. The van der Waals surface area contributed by atoms with Crippen LogP contribution in [0.25, 0.3) is 11.6 Å². The predicted octanol–water partition coefficient (Wildman–Crippen LogP) is 0.352. The highest BCUT2D eigenvalue weighted by atomic mass is 32.2. The number of imidazole rings is 2. The second-order valence-corrected chi connectivity index (χ2v) is 7.75. The van der Waals surface area contributed by atoms with Crippen LogP contribution in [0.1, 0.15) is 6.04 Å². The zero-order valence-electron chi connectivity index (χ0n) is 12.5. The van der Waals surface area contributed by atoms with E-state index in [4.69, 9.17) is 4.74 Å². The van der Waals surface area contributed by atoms with Gasteiger partial charge in [0.2, 0.25) is 10.0 Å². The Morgan fingerprint density at radius 3 is 2.86 bits per heavy atom. The largest absolute Gasteiger partial charge is 0.379 e. The molecule has 0 aromatic carbocycles.